The van der Waals surface area contributed by atoms with Gasteiger partial charge in [0.1, 0.15) is 18.1 Å². The van der Waals surface area contributed by atoms with Crippen LogP contribution in [0, 0.1) is 0 Å². The number of benzene rings is 3. The zero-order chi connectivity index (χ0) is 18.5. The highest BCUT2D eigenvalue weighted by atomic mass is 32.1. The molecule has 0 unspecified atom stereocenters. The molecular weight excluding hydrogens is 361 g/mol. The van der Waals surface area contributed by atoms with Crippen LogP contribution in [0.5, 0.6) is 16.7 Å². The molecule has 0 saturated heterocycles. The van der Waals surface area contributed by atoms with E-state index in [2.05, 4.69) is 4.98 Å². The minimum absolute atomic E-state index is 0.353. The smallest absolute Gasteiger partial charge is 0.501 e. The summed E-state index contributed by atoms with van der Waals surface area (Å²) in [5, 5.41) is 10.3. The molecule has 0 spiro atoms. The number of nitrogens with zero attached hydrogens (tertiary/aromatic N) is 1. The Morgan fingerprint density at radius 3 is 2.30 bits per heavy atom. The average Bonchev–Trinajstić information content (AvgIpc) is 3.10. The van der Waals surface area contributed by atoms with Gasteiger partial charge in [0.25, 0.3) is 5.19 Å². The molecule has 0 aliphatic carbocycles. The molecule has 0 saturated carbocycles. The lowest BCUT2D eigenvalue weighted by Gasteiger charge is -2.10. The summed E-state index contributed by atoms with van der Waals surface area (Å²) in [5.74, 6) is 1.18. The lowest BCUT2D eigenvalue weighted by Crippen LogP contribution is -2.29. The fourth-order valence-corrected chi connectivity index (χ4v) is 3.31. The first-order valence-electron chi connectivity index (χ1n) is 8.40. The van der Waals surface area contributed by atoms with Gasteiger partial charge in [-0.3, -0.25) is 0 Å². The number of aromatic nitrogens is 1. The van der Waals surface area contributed by atoms with Crippen molar-refractivity contribution in [3.8, 4) is 16.7 Å². The lowest BCUT2D eigenvalue weighted by molar-refractivity contribution is 0.294. The number of hydrogen-bond acceptors (Lipinski definition) is 6. The Balaban J connectivity index is 1.32. The van der Waals surface area contributed by atoms with Gasteiger partial charge in [-0.1, -0.05) is 53.8 Å². The van der Waals surface area contributed by atoms with E-state index in [9.17, 15) is 5.02 Å². The quantitative estimate of drug-likeness (QED) is 0.487. The summed E-state index contributed by atoms with van der Waals surface area (Å²) in [4.78, 5) is 4.30. The molecule has 0 aliphatic rings. The minimum Gasteiger partial charge on any atom is -0.501 e. The molecule has 5 nitrogen and oxygen atoms in total. The van der Waals surface area contributed by atoms with Gasteiger partial charge in [-0.05, 0) is 42.0 Å². The standard InChI is InChI=1S/C20H16BNO4S/c23-21(26-20-22-18-8-4-5-9-19(18)27-20)25-17-12-10-16(11-13-17)24-14-15-6-2-1-3-7-15/h1-13,23H,14H2. The highest BCUT2D eigenvalue weighted by molar-refractivity contribution is 7.20. The highest BCUT2D eigenvalue weighted by Crippen LogP contribution is 2.28. The Hall–Kier alpha value is -3.03. The predicted molar refractivity (Wildman–Crippen MR) is 106 cm³/mol. The molecule has 4 rings (SSSR count). The largest absolute Gasteiger partial charge is 0.786 e. The third-order valence-electron chi connectivity index (χ3n) is 3.78. The van der Waals surface area contributed by atoms with Crippen LogP contribution in [0.3, 0.4) is 0 Å². The van der Waals surface area contributed by atoms with Gasteiger partial charge in [0.15, 0.2) is 0 Å². The van der Waals surface area contributed by atoms with Crippen LogP contribution in [0.4, 0.5) is 0 Å². The molecule has 0 amide bonds. The maximum Gasteiger partial charge on any atom is 0.786 e. The predicted octanol–water partition coefficient (Wildman–Crippen LogP) is 4.31. The van der Waals surface area contributed by atoms with Gasteiger partial charge in [0.05, 0.1) is 10.2 Å². The number of ether oxygens (including phenoxy) is 1. The maximum atomic E-state index is 9.99. The summed E-state index contributed by atoms with van der Waals surface area (Å²) < 4.78 is 17.4. The van der Waals surface area contributed by atoms with E-state index < -0.39 is 7.32 Å². The molecule has 134 valence electrons. The van der Waals surface area contributed by atoms with Gasteiger partial charge in [-0.15, -0.1) is 0 Å². The van der Waals surface area contributed by atoms with Crippen molar-refractivity contribution in [3.63, 3.8) is 0 Å². The summed E-state index contributed by atoms with van der Waals surface area (Å²) in [7, 11) is -1.44. The van der Waals surface area contributed by atoms with Crippen molar-refractivity contribution in [2.75, 3.05) is 0 Å². The highest BCUT2D eigenvalue weighted by Gasteiger charge is 2.23. The van der Waals surface area contributed by atoms with Crippen LogP contribution in [-0.4, -0.2) is 17.3 Å². The van der Waals surface area contributed by atoms with Crippen LogP contribution in [0.1, 0.15) is 5.56 Å². The topological polar surface area (TPSA) is 60.8 Å². The lowest BCUT2D eigenvalue weighted by atomic mass is 10.2. The van der Waals surface area contributed by atoms with E-state index >= 15 is 0 Å². The van der Waals surface area contributed by atoms with Crippen LogP contribution >= 0.6 is 11.3 Å². The number of rotatable bonds is 7. The van der Waals surface area contributed by atoms with Crippen LogP contribution < -0.4 is 14.0 Å². The molecule has 27 heavy (non-hydrogen) atoms. The fraction of sp³-hybridized carbons (Fsp3) is 0.0500. The Kier molecular flexibility index (Phi) is 5.23. The second-order valence-electron chi connectivity index (χ2n) is 5.74. The summed E-state index contributed by atoms with van der Waals surface area (Å²) in [6.45, 7) is 0.490. The SMILES string of the molecule is OB(Oc1ccc(OCc2ccccc2)cc1)Oc1nc2ccccc2s1. The second-order valence-corrected chi connectivity index (χ2v) is 6.73. The first kappa shape index (κ1) is 17.4. The van der Waals surface area contributed by atoms with Crippen molar-refractivity contribution in [2.45, 2.75) is 6.61 Å². The summed E-state index contributed by atoms with van der Waals surface area (Å²) in [5.41, 5.74) is 1.92. The first-order chi connectivity index (χ1) is 13.3. The Morgan fingerprint density at radius 1 is 0.815 bits per heavy atom. The first-order valence-corrected chi connectivity index (χ1v) is 9.22. The molecule has 0 radical (unpaired) electrons. The van der Waals surface area contributed by atoms with Crippen LogP contribution in [-0.2, 0) is 6.61 Å². The van der Waals surface area contributed by atoms with Crippen molar-refractivity contribution in [2.24, 2.45) is 0 Å². The van der Waals surface area contributed by atoms with Gasteiger partial charge in [0, 0.05) is 0 Å². The number of hydrogen-bond donors (Lipinski definition) is 1. The molecule has 0 bridgehead atoms. The van der Waals surface area contributed by atoms with Crippen molar-refractivity contribution >= 4 is 28.9 Å². The number of fused-ring (bicyclic) bond motifs is 1. The fourth-order valence-electron chi connectivity index (χ4n) is 2.48. The summed E-state index contributed by atoms with van der Waals surface area (Å²) >= 11 is 1.35. The van der Waals surface area contributed by atoms with Crippen molar-refractivity contribution in [3.05, 3.63) is 84.4 Å². The molecule has 1 heterocycles. The Bertz CT molecular complexity index is 974. The zero-order valence-corrected chi connectivity index (χ0v) is 15.1. The third-order valence-corrected chi connectivity index (χ3v) is 4.71. The van der Waals surface area contributed by atoms with Gasteiger partial charge < -0.3 is 19.1 Å². The van der Waals surface area contributed by atoms with Crippen LogP contribution in [0.2, 0.25) is 0 Å². The Labute approximate surface area is 161 Å². The van der Waals surface area contributed by atoms with E-state index in [-0.39, 0.29) is 0 Å². The van der Waals surface area contributed by atoms with Gasteiger partial charge in [-0.2, -0.15) is 0 Å². The molecule has 0 atom stereocenters. The molecule has 0 aliphatic heterocycles. The van der Waals surface area contributed by atoms with E-state index in [4.69, 9.17) is 14.0 Å². The van der Waals surface area contributed by atoms with Crippen LogP contribution in [0.15, 0.2) is 78.9 Å². The molecule has 4 aromatic rings. The number of thiazole rings is 1. The normalized spacial score (nSPS) is 10.6. The van der Waals surface area contributed by atoms with E-state index in [1.807, 2.05) is 54.6 Å². The molecular formula is C20H16BNO4S. The van der Waals surface area contributed by atoms with E-state index in [0.29, 0.717) is 23.3 Å². The van der Waals surface area contributed by atoms with Gasteiger partial charge in [0.2, 0.25) is 0 Å². The van der Waals surface area contributed by atoms with E-state index in [1.54, 1.807) is 24.3 Å². The molecule has 3 aromatic carbocycles. The third kappa shape index (κ3) is 4.58. The second kappa shape index (κ2) is 8.12. The van der Waals surface area contributed by atoms with Gasteiger partial charge in [-0.25, -0.2) is 4.98 Å². The summed E-state index contributed by atoms with van der Waals surface area (Å²) in [6, 6.07) is 24.6. The molecule has 7 heteroatoms. The maximum absolute atomic E-state index is 9.99. The van der Waals surface area contributed by atoms with Crippen molar-refractivity contribution in [1.29, 1.82) is 0 Å². The molecule has 1 N–H and O–H groups in total. The summed E-state index contributed by atoms with van der Waals surface area (Å²) in [6.07, 6.45) is 0. The van der Waals surface area contributed by atoms with Crippen LogP contribution in [0.25, 0.3) is 10.2 Å². The average molecular weight is 377 g/mol. The van der Waals surface area contributed by atoms with Crippen molar-refractivity contribution < 1.29 is 19.1 Å². The number of para-hydroxylation sites is 1. The Morgan fingerprint density at radius 2 is 1.52 bits per heavy atom. The van der Waals surface area contributed by atoms with E-state index in [0.717, 1.165) is 15.8 Å². The monoisotopic (exact) mass is 377 g/mol. The van der Waals surface area contributed by atoms with Crippen molar-refractivity contribution in [1.82, 2.24) is 4.98 Å². The molecule has 0 fully saturated rings. The zero-order valence-electron chi connectivity index (χ0n) is 14.3. The van der Waals surface area contributed by atoms with E-state index in [1.165, 1.54) is 11.3 Å². The minimum atomic E-state index is -1.44. The molecule has 1 aromatic heterocycles. The van der Waals surface area contributed by atoms with Gasteiger partial charge >= 0.3 is 7.32 Å².